The summed E-state index contributed by atoms with van der Waals surface area (Å²) < 4.78 is 17.2. The van der Waals surface area contributed by atoms with Crippen molar-refractivity contribution in [2.24, 2.45) is 5.73 Å². The minimum Gasteiger partial charge on any atom is -0.493 e. The van der Waals surface area contributed by atoms with Crippen LogP contribution >= 0.6 is 0 Å². The fourth-order valence-electron chi connectivity index (χ4n) is 5.44. The zero-order valence-electron chi connectivity index (χ0n) is 23.7. The number of methoxy groups -OCH3 is 1. The van der Waals surface area contributed by atoms with Crippen molar-refractivity contribution in [3.8, 4) is 11.5 Å². The lowest BCUT2D eigenvalue weighted by atomic mass is 9.85. The Hall–Kier alpha value is -4.66. The molecule has 2 heterocycles. The highest BCUT2D eigenvalue weighted by molar-refractivity contribution is 5.92. The molecule has 3 amide bonds. The van der Waals surface area contributed by atoms with Gasteiger partial charge in [-0.1, -0.05) is 35.9 Å². The van der Waals surface area contributed by atoms with Crippen molar-refractivity contribution in [2.75, 3.05) is 33.5 Å². The van der Waals surface area contributed by atoms with Crippen molar-refractivity contribution in [3.63, 3.8) is 0 Å². The van der Waals surface area contributed by atoms with Crippen LogP contribution in [-0.4, -0.2) is 50.4 Å². The predicted molar refractivity (Wildman–Crippen MR) is 156 cm³/mol. The molecule has 0 radical (unpaired) electrons. The van der Waals surface area contributed by atoms with E-state index < -0.39 is 5.91 Å². The number of nitrogens with zero attached hydrogens (tertiary/aromatic N) is 1. The van der Waals surface area contributed by atoms with E-state index in [4.69, 9.17) is 19.9 Å². The molecule has 9 heteroatoms. The number of nitrogens with two attached hydrogens (primary N) is 1. The van der Waals surface area contributed by atoms with Crippen LogP contribution < -0.4 is 25.8 Å². The molecule has 0 saturated carbocycles. The van der Waals surface area contributed by atoms with Gasteiger partial charge in [0.15, 0.2) is 18.2 Å². The molecule has 9 nitrogen and oxygen atoms in total. The highest BCUT2D eigenvalue weighted by atomic mass is 16.5. The number of carbonyl (C=O) groups is 2. The lowest BCUT2D eigenvalue weighted by Crippen LogP contribution is -2.47. The number of aryl methyl sites for hydroxylation is 2. The summed E-state index contributed by atoms with van der Waals surface area (Å²) in [7, 11) is 1.63. The lowest BCUT2D eigenvalue weighted by Gasteiger charge is -2.39. The van der Waals surface area contributed by atoms with Crippen molar-refractivity contribution < 1.29 is 23.8 Å². The monoisotopic (exact) mass is 556 g/mol. The molecule has 4 N–H and O–H groups in total. The Balaban J connectivity index is 1.44. The number of primary amides is 1. The van der Waals surface area contributed by atoms with Gasteiger partial charge in [-0.3, -0.25) is 4.79 Å². The zero-order chi connectivity index (χ0) is 28.9. The maximum absolute atomic E-state index is 13.6. The highest BCUT2D eigenvalue weighted by Crippen LogP contribution is 2.42. The Morgan fingerprint density at radius 2 is 1.95 bits per heavy atom. The maximum Gasteiger partial charge on any atom is 0.318 e. The van der Waals surface area contributed by atoms with Gasteiger partial charge in [0.05, 0.1) is 32.0 Å². The van der Waals surface area contributed by atoms with Gasteiger partial charge in [0.2, 0.25) is 5.91 Å². The number of hydrogen-bond donors (Lipinski definition) is 3. The molecule has 3 aromatic carbocycles. The summed E-state index contributed by atoms with van der Waals surface area (Å²) in [6.45, 7) is 5.85. The van der Waals surface area contributed by atoms with Crippen LogP contribution in [0.2, 0.25) is 0 Å². The zero-order valence-corrected chi connectivity index (χ0v) is 23.7. The molecule has 214 valence electrons. The maximum atomic E-state index is 13.6. The van der Waals surface area contributed by atoms with Crippen molar-refractivity contribution >= 4 is 11.9 Å². The minimum atomic E-state index is -0.459. The van der Waals surface area contributed by atoms with Gasteiger partial charge in [-0.25, -0.2) is 4.79 Å². The van der Waals surface area contributed by atoms with E-state index in [-0.39, 0.29) is 12.1 Å². The van der Waals surface area contributed by atoms with Crippen LogP contribution in [0.4, 0.5) is 4.79 Å². The molecule has 1 atom stereocenters. The minimum absolute atomic E-state index is 0.150. The first-order valence-electron chi connectivity index (χ1n) is 13.7. The molecule has 5 rings (SSSR count). The number of urea groups is 1. The number of rotatable bonds is 9. The highest BCUT2D eigenvalue weighted by Gasteiger charge is 2.34. The first-order valence-corrected chi connectivity index (χ1v) is 13.7. The summed E-state index contributed by atoms with van der Waals surface area (Å²) in [5, 5.41) is 6.15. The fraction of sp³-hybridized carbons (Fsp3) is 0.312. The Morgan fingerprint density at radius 1 is 1.10 bits per heavy atom. The molecule has 0 aromatic heterocycles. The van der Waals surface area contributed by atoms with E-state index in [0.29, 0.717) is 56.3 Å². The van der Waals surface area contributed by atoms with Crippen LogP contribution in [0, 0.1) is 13.8 Å². The Kier molecular flexibility index (Phi) is 8.33. The third kappa shape index (κ3) is 6.24. The number of hydrogen-bond acceptors (Lipinski definition) is 6. The number of carbonyl (C=O) groups excluding carboxylic acids is 2. The van der Waals surface area contributed by atoms with Crippen LogP contribution in [-0.2, 0) is 17.6 Å². The Bertz CT molecular complexity index is 1480. The first-order chi connectivity index (χ1) is 19.8. The molecule has 1 unspecified atom stereocenters. The third-order valence-electron chi connectivity index (χ3n) is 7.53. The van der Waals surface area contributed by atoms with Gasteiger partial charge in [0, 0.05) is 18.5 Å². The summed E-state index contributed by atoms with van der Waals surface area (Å²) in [6.07, 6.45) is 2.90. The largest absolute Gasteiger partial charge is 0.493 e. The topological polar surface area (TPSA) is 115 Å². The molecular formula is C32H36N4O5. The molecule has 0 bridgehead atoms. The average Bonchev–Trinajstić information content (AvgIpc) is 3.49. The molecule has 41 heavy (non-hydrogen) atoms. The normalized spacial score (nSPS) is 15.7. The van der Waals surface area contributed by atoms with E-state index in [0.717, 1.165) is 39.1 Å². The van der Waals surface area contributed by atoms with E-state index in [1.807, 2.05) is 29.2 Å². The van der Waals surface area contributed by atoms with Crippen LogP contribution in [0.15, 0.2) is 66.6 Å². The molecule has 0 fully saturated rings. The van der Waals surface area contributed by atoms with Crippen molar-refractivity contribution in [1.29, 1.82) is 0 Å². The molecule has 2 aliphatic rings. The predicted octanol–water partition coefficient (Wildman–Crippen LogP) is 4.11. The van der Waals surface area contributed by atoms with E-state index in [9.17, 15) is 9.59 Å². The van der Waals surface area contributed by atoms with Gasteiger partial charge in [-0.2, -0.15) is 0 Å². The third-order valence-corrected chi connectivity index (χ3v) is 7.53. The number of ether oxygens (including phenoxy) is 3. The van der Waals surface area contributed by atoms with E-state index >= 15 is 0 Å². The first kappa shape index (κ1) is 27.9. The summed E-state index contributed by atoms with van der Waals surface area (Å²) >= 11 is 0. The summed E-state index contributed by atoms with van der Waals surface area (Å²) in [5.74, 6) is 0.790. The second-order valence-electron chi connectivity index (χ2n) is 10.4. The molecule has 0 aliphatic carbocycles. The quantitative estimate of drug-likeness (QED) is 0.366. The van der Waals surface area contributed by atoms with Gasteiger partial charge in [-0.15, -0.1) is 0 Å². The number of amides is 3. The van der Waals surface area contributed by atoms with Crippen molar-refractivity contribution in [1.82, 2.24) is 15.5 Å². The van der Waals surface area contributed by atoms with E-state index in [2.05, 4.69) is 42.7 Å². The standard InChI is InChI=1S/C32H36N4O5/c1-20-7-8-26(21(2)13-20)30-27-16-29(41-12-10-22-5-4-6-24(14-22)31(33)37)28(39-3)15-23(27)9-11-36(30)32(38)34-17-25-18-40-19-35-25/h4-8,13-16,18,30,35H,9-12,17,19H2,1-3H3,(H2,33,37)(H,34,38). The fourth-order valence-corrected chi connectivity index (χ4v) is 5.44. The van der Waals surface area contributed by atoms with Crippen LogP contribution in [0.5, 0.6) is 11.5 Å². The average molecular weight is 557 g/mol. The van der Waals surface area contributed by atoms with E-state index in [1.165, 1.54) is 0 Å². The number of fused-ring (bicyclic) bond motifs is 1. The van der Waals surface area contributed by atoms with Crippen LogP contribution in [0.1, 0.15) is 49.8 Å². The summed E-state index contributed by atoms with van der Waals surface area (Å²) in [4.78, 5) is 27.0. The molecular weight excluding hydrogens is 520 g/mol. The number of benzene rings is 3. The van der Waals surface area contributed by atoms with Gasteiger partial charge < -0.3 is 35.5 Å². The van der Waals surface area contributed by atoms with Crippen LogP contribution in [0.25, 0.3) is 0 Å². The van der Waals surface area contributed by atoms with Crippen LogP contribution in [0.3, 0.4) is 0 Å². The molecule has 0 saturated heterocycles. The van der Waals surface area contributed by atoms with Gasteiger partial charge in [0.1, 0.15) is 6.26 Å². The summed E-state index contributed by atoms with van der Waals surface area (Å²) in [6, 6.07) is 17.1. The Morgan fingerprint density at radius 3 is 2.68 bits per heavy atom. The molecule has 0 spiro atoms. The van der Waals surface area contributed by atoms with Gasteiger partial charge >= 0.3 is 6.03 Å². The van der Waals surface area contributed by atoms with Crippen molar-refractivity contribution in [2.45, 2.75) is 32.7 Å². The van der Waals surface area contributed by atoms with Gasteiger partial charge in [-0.05, 0) is 72.4 Å². The van der Waals surface area contributed by atoms with Crippen molar-refractivity contribution in [3.05, 3.63) is 106 Å². The van der Waals surface area contributed by atoms with Gasteiger partial charge in [0.25, 0.3) is 0 Å². The molecule has 2 aliphatic heterocycles. The number of nitrogens with one attached hydrogen (secondary N) is 2. The van der Waals surface area contributed by atoms with E-state index in [1.54, 1.807) is 25.5 Å². The second kappa shape index (κ2) is 12.2. The lowest BCUT2D eigenvalue weighted by molar-refractivity contribution is 0.1000. The molecule has 3 aromatic rings. The Labute approximate surface area is 240 Å². The SMILES string of the molecule is COc1cc2c(cc1OCCc1cccc(C(N)=O)c1)C(c1ccc(C)cc1C)N(C(=O)NCC1=COCN1)CC2. The summed E-state index contributed by atoms with van der Waals surface area (Å²) in [5.41, 5.74) is 13.2. The second-order valence-corrected chi connectivity index (χ2v) is 10.4. The smallest absolute Gasteiger partial charge is 0.318 e.